The molecule has 0 radical (unpaired) electrons. The van der Waals surface area contributed by atoms with Crippen LogP contribution in [-0.2, 0) is 9.53 Å². The van der Waals surface area contributed by atoms with Crippen LogP contribution in [0.1, 0.15) is 5.56 Å². The van der Waals surface area contributed by atoms with E-state index in [-0.39, 0.29) is 5.91 Å². The lowest BCUT2D eigenvalue weighted by atomic mass is 10.3. The van der Waals surface area contributed by atoms with E-state index in [1.54, 1.807) is 28.8 Å². The zero-order valence-corrected chi connectivity index (χ0v) is 17.0. The highest BCUT2D eigenvalue weighted by molar-refractivity contribution is 8.10. The van der Waals surface area contributed by atoms with Gasteiger partial charge in [0.15, 0.2) is 0 Å². The van der Waals surface area contributed by atoms with Gasteiger partial charge in [-0.3, -0.25) is 4.79 Å². The van der Waals surface area contributed by atoms with Crippen molar-refractivity contribution in [3.05, 3.63) is 33.7 Å². The molecule has 3 aliphatic rings. The molecule has 0 aliphatic carbocycles. The Kier molecular flexibility index (Phi) is 5.48. The summed E-state index contributed by atoms with van der Waals surface area (Å²) in [5.74, 6) is 1.85. The molecule has 0 aromatic carbocycles. The standard InChI is InChI=1S/C18H19N5O3S2/c1-21-4-6-22(7-5-21)18(25)26-17-15-14(27-8-9-28-15)16(24)23(17)13-3-2-12(10-19)11-20-13/h2-3,11,17H,4-9H2,1H3. The van der Waals surface area contributed by atoms with Crippen molar-refractivity contribution >= 4 is 41.3 Å². The lowest BCUT2D eigenvalue weighted by Gasteiger charge is -2.33. The lowest BCUT2D eigenvalue weighted by molar-refractivity contribution is -0.115. The fraction of sp³-hybridized carbons (Fsp3) is 0.444. The molecule has 8 nitrogen and oxygen atoms in total. The van der Waals surface area contributed by atoms with E-state index in [0.29, 0.717) is 29.4 Å². The maximum absolute atomic E-state index is 13.0. The average molecular weight is 418 g/mol. The molecule has 1 aromatic rings. The lowest BCUT2D eigenvalue weighted by Crippen LogP contribution is -2.49. The molecular formula is C18H19N5O3S2. The van der Waals surface area contributed by atoms with E-state index < -0.39 is 12.3 Å². The number of anilines is 1. The molecule has 1 atom stereocenters. The summed E-state index contributed by atoms with van der Waals surface area (Å²) >= 11 is 3.04. The van der Waals surface area contributed by atoms with E-state index in [4.69, 9.17) is 10.00 Å². The summed E-state index contributed by atoms with van der Waals surface area (Å²) < 4.78 is 5.83. The maximum atomic E-state index is 13.0. The quantitative estimate of drug-likeness (QED) is 0.718. The monoisotopic (exact) mass is 417 g/mol. The molecular weight excluding hydrogens is 398 g/mol. The Morgan fingerprint density at radius 2 is 2.00 bits per heavy atom. The molecule has 0 N–H and O–H groups in total. The van der Waals surface area contributed by atoms with E-state index in [9.17, 15) is 9.59 Å². The van der Waals surface area contributed by atoms with Gasteiger partial charge in [0.05, 0.1) is 15.4 Å². The third kappa shape index (κ3) is 3.57. The number of amides is 2. The minimum Gasteiger partial charge on any atom is -0.420 e. The average Bonchev–Trinajstić information content (AvgIpc) is 3.00. The number of nitrogens with zero attached hydrogens (tertiary/aromatic N) is 5. The fourth-order valence-corrected chi connectivity index (χ4v) is 5.62. The second kappa shape index (κ2) is 8.03. The highest BCUT2D eigenvalue weighted by Gasteiger charge is 2.45. The summed E-state index contributed by atoms with van der Waals surface area (Å²) in [5.41, 5.74) is 0.405. The number of rotatable bonds is 2. The van der Waals surface area contributed by atoms with Gasteiger partial charge >= 0.3 is 6.09 Å². The molecule has 3 aliphatic heterocycles. The van der Waals surface area contributed by atoms with Crippen LogP contribution in [0.5, 0.6) is 0 Å². The molecule has 2 amide bonds. The highest BCUT2D eigenvalue weighted by Crippen LogP contribution is 2.45. The molecule has 146 valence electrons. The number of ether oxygens (including phenoxy) is 1. The first-order valence-corrected chi connectivity index (χ1v) is 10.9. The molecule has 0 spiro atoms. The minimum absolute atomic E-state index is 0.208. The number of nitriles is 1. The Balaban J connectivity index is 1.60. The third-order valence-corrected chi connectivity index (χ3v) is 7.38. The van der Waals surface area contributed by atoms with Gasteiger partial charge in [-0.25, -0.2) is 14.7 Å². The minimum atomic E-state index is -0.812. The summed E-state index contributed by atoms with van der Waals surface area (Å²) in [5, 5.41) is 8.98. The maximum Gasteiger partial charge on any atom is 0.412 e. The Labute approximate surface area is 171 Å². The van der Waals surface area contributed by atoms with E-state index in [1.165, 1.54) is 22.9 Å². The van der Waals surface area contributed by atoms with Crippen LogP contribution in [0, 0.1) is 11.3 Å². The number of carbonyl (C=O) groups is 2. The van der Waals surface area contributed by atoms with Crippen LogP contribution in [0.4, 0.5) is 10.6 Å². The van der Waals surface area contributed by atoms with Gasteiger partial charge in [-0.05, 0) is 19.2 Å². The predicted molar refractivity (Wildman–Crippen MR) is 108 cm³/mol. The number of pyridine rings is 1. The van der Waals surface area contributed by atoms with Crippen molar-refractivity contribution < 1.29 is 14.3 Å². The molecule has 0 bridgehead atoms. The van der Waals surface area contributed by atoms with Crippen molar-refractivity contribution in [2.75, 3.05) is 49.6 Å². The van der Waals surface area contributed by atoms with E-state index in [0.717, 1.165) is 29.5 Å². The number of carbonyl (C=O) groups excluding carboxylic acids is 2. The van der Waals surface area contributed by atoms with Gasteiger partial charge in [0.1, 0.15) is 11.9 Å². The topological polar surface area (TPSA) is 89.8 Å². The van der Waals surface area contributed by atoms with Crippen molar-refractivity contribution in [1.82, 2.24) is 14.8 Å². The number of hydrogen-bond donors (Lipinski definition) is 0. The highest BCUT2D eigenvalue weighted by atomic mass is 32.2. The molecule has 4 heterocycles. The molecule has 1 unspecified atom stereocenters. The largest absolute Gasteiger partial charge is 0.420 e. The smallest absolute Gasteiger partial charge is 0.412 e. The van der Waals surface area contributed by atoms with Crippen LogP contribution < -0.4 is 4.90 Å². The van der Waals surface area contributed by atoms with Gasteiger partial charge in [-0.1, -0.05) is 0 Å². The Bertz CT molecular complexity index is 859. The summed E-state index contributed by atoms with van der Waals surface area (Å²) in [6.45, 7) is 2.77. The first kappa shape index (κ1) is 19.1. The second-order valence-corrected chi connectivity index (χ2v) is 8.85. The van der Waals surface area contributed by atoms with Crippen LogP contribution in [0.3, 0.4) is 0 Å². The van der Waals surface area contributed by atoms with Gasteiger partial charge < -0.3 is 14.5 Å². The van der Waals surface area contributed by atoms with E-state index in [1.807, 2.05) is 13.1 Å². The molecule has 1 fully saturated rings. The summed E-state index contributed by atoms with van der Waals surface area (Å²) in [6, 6.07) is 5.23. The van der Waals surface area contributed by atoms with Crippen molar-refractivity contribution in [2.24, 2.45) is 0 Å². The second-order valence-electron chi connectivity index (χ2n) is 6.61. The summed E-state index contributed by atoms with van der Waals surface area (Å²) in [7, 11) is 2.02. The zero-order chi connectivity index (χ0) is 19.7. The third-order valence-electron chi connectivity index (χ3n) is 4.78. The zero-order valence-electron chi connectivity index (χ0n) is 15.3. The Morgan fingerprint density at radius 1 is 1.25 bits per heavy atom. The summed E-state index contributed by atoms with van der Waals surface area (Å²) in [4.78, 5) is 36.7. The van der Waals surface area contributed by atoms with Crippen LogP contribution in [0.2, 0.25) is 0 Å². The van der Waals surface area contributed by atoms with Crippen LogP contribution >= 0.6 is 23.5 Å². The van der Waals surface area contributed by atoms with E-state index >= 15 is 0 Å². The number of thioether (sulfide) groups is 2. The van der Waals surface area contributed by atoms with Crippen LogP contribution in [-0.4, -0.2) is 77.7 Å². The van der Waals surface area contributed by atoms with Crippen molar-refractivity contribution in [2.45, 2.75) is 6.23 Å². The van der Waals surface area contributed by atoms with Crippen molar-refractivity contribution in [3.8, 4) is 6.07 Å². The van der Waals surface area contributed by atoms with Crippen LogP contribution in [0.25, 0.3) is 0 Å². The van der Waals surface area contributed by atoms with Gasteiger partial charge in [0, 0.05) is 43.9 Å². The first-order chi connectivity index (χ1) is 13.6. The molecule has 1 aromatic heterocycles. The number of hydrogen-bond acceptors (Lipinski definition) is 8. The van der Waals surface area contributed by atoms with Gasteiger partial charge in [-0.2, -0.15) is 5.26 Å². The molecule has 1 saturated heterocycles. The van der Waals surface area contributed by atoms with E-state index in [2.05, 4.69) is 9.88 Å². The van der Waals surface area contributed by atoms with Gasteiger partial charge in [-0.15, -0.1) is 23.5 Å². The Morgan fingerprint density at radius 3 is 2.68 bits per heavy atom. The molecule has 10 heteroatoms. The predicted octanol–water partition coefficient (Wildman–Crippen LogP) is 1.70. The number of piperazine rings is 1. The normalized spacial score (nSPS) is 22.9. The van der Waals surface area contributed by atoms with Crippen molar-refractivity contribution in [1.29, 1.82) is 5.26 Å². The first-order valence-electron chi connectivity index (χ1n) is 8.92. The molecule has 4 rings (SSSR count). The SMILES string of the molecule is CN1CCN(C(=O)OC2C3=C(SCCS3)C(=O)N2c2ccc(C#N)cn2)CC1. The number of aromatic nitrogens is 1. The van der Waals surface area contributed by atoms with Gasteiger partial charge in [0.25, 0.3) is 5.91 Å². The molecule has 28 heavy (non-hydrogen) atoms. The van der Waals surface area contributed by atoms with Crippen LogP contribution in [0.15, 0.2) is 28.1 Å². The Hall–Kier alpha value is -2.22. The number of likely N-dealkylation sites (N-methyl/N-ethyl adjacent to an activating group) is 1. The summed E-state index contributed by atoms with van der Waals surface area (Å²) in [6.07, 6.45) is 0.182. The van der Waals surface area contributed by atoms with Gasteiger partial charge in [0.2, 0.25) is 6.23 Å². The van der Waals surface area contributed by atoms with Crippen molar-refractivity contribution in [3.63, 3.8) is 0 Å². The fourth-order valence-electron chi connectivity index (χ4n) is 3.20. The molecule has 0 saturated carbocycles.